The van der Waals surface area contributed by atoms with Crippen molar-refractivity contribution in [2.45, 2.75) is 12.8 Å². The standard InChI is InChI=1S/C15H20F3N3O2S/c16-15(17,18)23-13-4-2-12(3-5-13)20-14(24)19-6-1-7-21-8-10-22-11-9-21/h2-5H,1,6-11H2,(H2,19,20,24)/p+1. The second-order valence-electron chi connectivity index (χ2n) is 5.42. The van der Waals surface area contributed by atoms with Gasteiger partial charge in [0.15, 0.2) is 5.11 Å². The number of halogens is 3. The number of hydrogen-bond acceptors (Lipinski definition) is 3. The second-order valence-corrected chi connectivity index (χ2v) is 5.83. The molecule has 3 N–H and O–H groups in total. The molecular weight excluding hydrogens is 343 g/mol. The van der Waals surface area contributed by atoms with Gasteiger partial charge in [-0.25, -0.2) is 0 Å². The number of alkyl halides is 3. The molecule has 0 radical (unpaired) electrons. The first-order valence-electron chi connectivity index (χ1n) is 7.74. The molecule has 2 rings (SSSR count). The molecule has 0 unspecified atom stereocenters. The van der Waals surface area contributed by atoms with Crippen molar-refractivity contribution < 1.29 is 27.5 Å². The van der Waals surface area contributed by atoms with Crippen LogP contribution >= 0.6 is 12.2 Å². The normalized spacial score (nSPS) is 15.8. The van der Waals surface area contributed by atoms with Gasteiger partial charge >= 0.3 is 6.36 Å². The molecule has 0 saturated carbocycles. The molecule has 0 bridgehead atoms. The predicted molar refractivity (Wildman–Crippen MR) is 88.3 cm³/mol. The van der Waals surface area contributed by atoms with E-state index in [1.807, 2.05) is 0 Å². The monoisotopic (exact) mass is 364 g/mol. The Bertz CT molecular complexity index is 520. The molecule has 24 heavy (non-hydrogen) atoms. The Morgan fingerprint density at radius 1 is 1.21 bits per heavy atom. The van der Waals surface area contributed by atoms with Crippen molar-refractivity contribution in [1.82, 2.24) is 5.32 Å². The molecule has 1 heterocycles. The number of hydrogen-bond donors (Lipinski definition) is 3. The van der Waals surface area contributed by atoms with Crippen molar-refractivity contribution in [3.63, 3.8) is 0 Å². The molecule has 134 valence electrons. The van der Waals surface area contributed by atoms with E-state index in [0.717, 1.165) is 45.8 Å². The maximum atomic E-state index is 12.1. The summed E-state index contributed by atoms with van der Waals surface area (Å²) in [5.74, 6) is -0.264. The van der Waals surface area contributed by atoms with Gasteiger partial charge in [-0.3, -0.25) is 0 Å². The smallest absolute Gasteiger partial charge is 0.406 e. The highest BCUT2D eigenvalue weighted by Crippen LogP contribution is 2.23. The number of ether oxygens (including phenoxy) is 2. The van der Waals surface area contributed by atoms with Gasteiger partial charge in [0.1, 0.15) is 18.8 Å². The van der Waals surface area contributed by atoms with Gasteiger partial charge in [0.25, 0.3) is 0 Å². The maximum Gasteiger partial charge on any atom is 0.573 e. The van der Waals surface area contributed by atoms with Gasteiger partial charge in [0.2, 0.25) is 0 Å². The molecule has 0 spiro atoms. The van der Waals surface area contributed by atoms with Crippen LogP contribution in [0.1, 0.15) is 6.42 Å². The summed E-state index contributed by atoms with van der Waals surface area (Å²) in [5.41, 5.74) is 0.598. The van der Waals surface area contributed by atoms with Gasteiger partial charge in [-0.1, -0.05) is 0 Å². The van der Waals surface area contributed by atoms with Gasteiger partial charge in [0.05, 0.1) is 19.8 Å². The number of quaternary nitrogens is 1. The first-order valence-corrected chi connectivity index (χ1v) is 8.15. The fourth-order valence-corrected chi connectivity index (χ4v) is 2.59. The van der Waals surface area contributed by atoms with E-state index in [-0.39, 0.29) is 5.75 Å². The number of benzene rings is 1. The number of anilines is 1. The Balaban J connectivity index is 1.64. The molecule has 0 amide bonds. The van der Waals surface area contributed by atoms with Gasteiger partial charge in [0, 0.05) is 18.7 Å². The molecule has 1 aliphatic heterocycles. The molecule has 1 saturated heterocycles. The lowest BCUT2D eigenvalue weighted by Gasteiger charge is -2.23. The minimum atomic E-state index is -4.69. The van der Waals surface area contributed by atoms with Crippen LogP contribution in [-0.4, -0.2) is 50.9 Å². The Morgan fingerprint density at radius 3 is 2.50 bits per heavy atom. The predicted octanol–water partition coefficient (Wildman–Crippen LogP) is 1.18. The first-order chi connectivity index (χ1) is 11.4. The Hall–Kier alpha value is -1.58. The summed E-state index contributed by atoms with van der Waals surface area (Å²) < 4.78 is 45.4. The highest BCUT2D eigenvalue weighted by Gasteiger charge is 2.30. The van der Waals surface area contributed by atoms with Crippen molar-refractivity contribution in [3.05, 3.63) is 24.3 Å². The molecule has 5 nitrogen and oxygen atoms in total. The van der Waals surface area contributed by atoms with Crippen LogP contribution < -0.4 is 20.3 Å². The second kappa shape index (κ2) is 9.05. The lowest BCUT2D eigenvalue weighted by atomic mass is 10.3. The van der Waals surface area contributed by atoms with Gasteiger partial charge in [-0.05, 0) is 36.5 Å². The van der Waals surface area contributed by atoms with Crippen LogP contribution in [-0.2, 0) is 4.74 Å². The lowest BCUT2D eigenvalue weighted by Crippen LogP contribution is -3.14. The minimum absolute atomic E-state index is 0.264. The zero-order valence-corrected chi connectivity index (χ0v) is 13.9. The highest BCUT2D eigenvalue weighted by molar-refractivity contribution is 7.80. The van der Waals surface area contributed by atoms with E-state index in [0.29, 0.717) is 10.8 Å². The van der Waals surface area contributed by atoms with Crippen LogP contribution in [0, 0.1) is 0 Å². The molecule has 1 aromatic carbocycles. The zero-order valence-electron chi connectivity index (χ0n) is 13.1. The van der Waals surface area contributed by atoms with Crippen LogP contribution in [0.15, 0.2) is 24.3 Å². The maximum absolute atomic E-state index is 12.1. The quantitative estimate of drug-likeness (QED) is 0.523. The van der Waals surface area contributed by atoms with Crippen molar-refractivity contribution in [3.8, 4) is 5.75 Å². The van der Waals surface area contributed by atoms with E-state index in [1.165, 1.54) is 29.2 Å². The van der Waals surface area contributed by atoms with E-state index in [2.05, 4.69) is 15.4 Å². The highest BCUT2D eigenvalue weighted by atomic mass is 32.1. The number of thiocarbonyl (C=S) groups is 1. The van der Waals surface area contributed by atoms with Crippen molar-refractivity contribution >= 4 is 23.0 Å². The van der Waals surface area contributed by atoms with Crippen LogP contribution in [0.2, 0.25) is 0 Å². The average molecular weight is 364 g/mol. The fraction of sp³-hybridized carbons (Fsp3) is 0.533. The van der Waals surface area contributed by atoms with Gasteiger partial charge in [-0.2, -0.15) is 0 Å². The number of rotatable bonds is 6. The summed E-state index contributed by atoms with van der Waals surface area (Å²) in [6, 6.07) is 5.43. The first kappa shape index (κ1) is 18.8. The third-order valence-electron chi connectivity index (χ3n) is 3.54. The van der Waals surface area contributed by atoms with Crippen molar-refractivity contribution in [2.24, 2.45) is 0 Å². The molecule has 9 heteroatoms. The molecule has 0 aromatic heterocycles. The minimum Gasteiger partial charge on any atom is -0.406 e. The van der Waals surface area contributed by atoms with Gasteiger partial charge in [-0.15, -0.1) is 13.2 Å². The molecule has 0 atom stereocenters. The van der Waals surface area contributed by atoms with Crippen LogP contribution in [0.3, 0.4) is 0 Å². The third kappa shape index (κ3) is 7.33. The Morgan fingerprint density at radius 2 is 1.88 bits per heavy atom. The summed E-state index contributed by atoms with van der Waals surface area (Å²) in [6.45, 7) is 5.51. The van der Waals surface area contributed by atoms with Crippen molar-refractivity contribution in [2.75, 3.05) is 44.7 Å². The summed E-state index contributed by atoms with van der Waals surface area (Å²) in [6.07, 6.45) is -3.70. The van der Waals surface area contributed by atoms with E-state index in [4.69, 9.17) is 17.0 Å². The summed E-state index contributed by atoms with van der Waals surface area (Å²) in [7, 11) is 0. The molecule has 1 fully saturated rings. The van der Waals surface area contributed by atoms with E-state index in [1.54, 1.807) is 0 Å². The average Bonchev–Trinajstić information content (AvgIpc) is 2.53. The Kier molecular flexibility index (Phi) is 7.07. The summed E-state index contributed by atoms with van der Waals surface area (Å²) >= 11 is 5.17. The molecule has 1 aliphatic rings. The van der Waals surface area contributed by atoms with Crippen LogP contribution in [0.5, 0.6) is 5.75 Å². The zero-order chi connectivity index (χ0) is 17.4. The summed E-state index contributed by atoms with van der Waals surface area (Å²) in [4.78, 5) is 1.53. The lowest BCUT2D eigenvalue weighted by molar-refractivity contribution is -0.908. The van der Waals surface area contributed by atoms with Crippen LogP contribution in [0.25, 0.3) is 0 Å². The topological polar surface area (TPSA) is 47.0 Å². The third-order valence-corrected chi connectivity index (χ3v) is 3.78. The van der Waals surface area contributed by atoms with E-state index >= 15 is 0 Å². The molecular formula is C15H21F3N3O2S+. The molecule has 1 aromatic rings. The van der Waals surface area contributed by atoms with Gasteiger partial charge < -0.3 is 25.0 Å². The molecule has 0 aliphatic carbocycles. The SMILES string of the molecule is FC(F)(F)Oc1ccc(NC(=S)NCCC[NH+]2CCOCC2)cc1. The van der Waals surface area contributed by atoms with Crippen LogP contribution in [0.4, 0.5) is 18.9 Å². The number of morpholine rings is 1. The largest absolute Gasteiger partial charge is 0.573 e. The number of nitrogens with one attached hydrogen (secondary N) is 3. The fourth-order valence-electron chi connectivity index (χ4n) is 2.37. The van der Waals surface area contributed by atoms with E-state index < -0.39 is 6.36 Å². The van der Waals surface area contributed by atoms with Crippen molar-refractivity contribution in [1.29, 1.82) is 0 Å². The van der Waals surface area contributed by atoms with E-state index in [9.17, 15) is 13.2 Å². The Labute approximate surface area is 144 Å². The summed E-state index contributed by atoms with van der Waals surface area (Å²) in [5, 5.41) is 6.46.